The fourth-order valence-corrected chi connectivity index (χ4v) is 2.49. The molecule has 0 saturated heterocycles. The maximum absolute atomic E-state index is 5.76. The minimum atomic E-state index is 0. The number of benzene rings is 1. The average molecular weight is 451 g/mol. The molecule has 0 fully saturated rings. The minimum Gasteiger partial charge on any atom is -0.492 e. The van der Waals surface area contributed by atoms with Gasteiger partial charge in [0.25, 0.3) is 0 Å². The standard InChI is InChI=1S/C17H29N3OS.HI/c1-15-7-9-16(10-8-15)21-13-12-20(3)17(18-2)19-11-5-6-14-22-4;/h7-10H,5-6,11-14H2,1-4H3,(H,18,19);1H. The van der Waals surface area contributed by atoms with E-state index in [9.17, 15) is 0 Å². The van der Waals surface area contributed by atoms with Crippen molar-refractivity contribution in [2.75, 3.05) is 45.8 Å². The Kier molecular flexibility index (Phi) is 13.4. The van der Waals surface area contributed by atoms with Crippen LogP contribution in [0.3, 0.4) is 0 Å². The van der Waals surface area contributed by atoms with Gasteiger partial charge in [0.15, 0.2) is 5.96 Å². The van der Waals surface area contributed by atoms with Crippen molar-refractivity contribution in [3.63, 3.8) is 0 Å². The lowest BCUT2D eigenvalue weighted by molar-refractivity contribution is 0.281. The van der Waals surface area contributed by atoms with Gasteiger partial charge in [0.1, 0.15) is 12.4 Å². The summed E-state index contributed by atoms with van der Waals surface area (Å²) in [5, 5.41) is 3.40. The first-order valence-corrected chi connectivity index (χ1v) is 9.17. The zero-order chi connectivity index (χ0) is 16.2. The van der Waals surface area contributed by atoms with Crippen LogP contribution in [0.15, 0.2) is 29.3 Å². The Balaban J connectivity index is 0.00000484. The molecule has 1 aromatic rings. The van der Waals surface area contributed by atoms with Gasteiger partial charge in [-0.05, 0) is 43.9 Å². The number of aliphatic imine (C=N–C) groups is 1. The highest BCUT2D eigenvalue weighted by molar-refractivity contribution is 14.0. The molecule has 0 aliphatic carbocycles. The molecule has 1 aromatic carbocycles. The number of nitrogens with one attached hydrogen (secondary N) is 1. The van der Waals surface area contributed by atoms with Gasteiger partial charge in [-0.15, -0.1) is 24.0 Å². The quantitative estimate of drug-likeness (QED) is 0.269. The van der Waals surface area contributed by atoms with Crippen molar-refractivity contribution >= 4 is 41.7 Å². The van der Waals surface area contributed by atoms with E-state index in [4.69, 9.17) is 4.74 Å². The summed E-state index contributed by atoms with van der Waals surface area (Å²) in [7, 11) is 3.86. The number of rotatable bonds is 9. The topological polar surface area (TPSA) is 36.9 Å². The Morgan fingerprint density at radius 1 is 1.26 bits per heavy atom. The van der Waals surface area contributed by atoms with E-state index in [1.54, 1.807) is 0 Å². The molecule has 0 aromatic heterocycles. The summed E-state index contributed by atoms with van der Waals surface area (Å²) in [6, 6.07) is 8.14. The molecule has 0 bridgehead atoms. The summed E-state index contributed by atoms with van der Waals surface area (Å²) in [6.45, 7) is 4.49. The van der Waals surface area contributed by atoms with Crippen LogP contribution in [0.2, 0.25) is 0 Å². The van der Waals surface area contributed by atoms with Gasteiger partial charge in [0.2, 0.25) is 0 Å². The van der Waals surface area contributed by atoms with E-state index in [-0.39, 0.29) is 24.0 Å². The van der Waals surface area contributed by atoms with E-state index in [0.29, 0.717) is 6.61 Å². The molecule has 0 unspecified atom stereocenters. The van der Waals surface area contributed by atoms with Crippen LogP contribution in [0, 0.1) is 6.92 Å². The molecule has 1 N–H and O–H groups in total. The third-order valence-corrected chi connectivity index (χ3v) is 4.05. The van der Waals surface area contributed by atoms with Crippen molar-refractivity contribution in [3.8, 4) is 5.75 Å². The predicted octanol–water partition coefficient (Wildman–Crippen LogP) is 3.64. The largest absolute Gasteiger partial charge is 0.492 e. The van der Waals surface area contributed by atoms with Crippen molar-refractivity contribution in [3.05, 3.63) is 29.8 Å². The fourth-order valence-electron chi connectivity index (χ4n) is 2.00. The Labute approximate surface area is 162 Å². The van der Waals surface area contributed by atoms with E-state index in [1.165, 1.54) is 24.2 Å². The third kappa shape index (κ3) is 9.96. The molecule has 6 heteroatoms. The molecule has 0 radical (unpaired) electrons. The van der Waals surface area contributed by atoms with Gasteiger partial charge >= 0.3 is 0 Å². The van der Waals surface area contributed by atoms with Gasteiger partial charge in [0.05, 0.1) is 6.54 Å². The van der Waals surface area contributed by atoms with Gasteiger partial charge in [0, 0.05) is 20.6 Å². The zero-order valence-electron chi connectivity index (χ0n) is 14.7. The van der Waals surface area contributed by atoms with Gasteiger partial charge in [-0.2, -0.15) is 11.8 Å². The molecule has 1 rings (SSSR count). The number of nitrogens with zero attached hydrogens (tertiary/aromatic N) is 2. The Hall–Kier alpha value is -0.630. The molecule has 0 spiro atoms. The SMILES string of the molecule is CN=C(NCCCCSC)N(C)CCOc1ccc(C)cc1.I. The maximum atomic E-state index is 5.76. The normalized spacial score (nSPS) is 10.9. The molecular formula is C17H30IN3OS. The lowest BCUT2D eigenvalue weighted by Gasteiger charge is -2.22. The molecule has 132 valence electrons. The third-order valence-electron chi connectivity index (χ3n) is 3.35. The van der Waals surface area contributed by atoms with E-state index < -0.39 is 0 Å². The Bertz CT molecular complexity index is 440. The zero-order valence-corrected chi connectivity index (χ0v) is 17.8. The maximum Gasteiger partial charge on any atom is 0.193 e. The Morgan fingerprint density at radius 3 is 2.57 bits per heavy atom. The van der Waals surface area contributed by atoms with Gasteiger partial charge < -0.3 is 15.0 Å². The molecule has 0 heterocycles. The van der Waals surface area contributed by atoms with Crippen LogP contribution >= 0.6 is 35.7 Å². The average Bonchev–Trinajstić information content (AvgIpc) is 2.52. The van der Waals surface area contributed by atoms with Crippen LogP contribution in [0.25, 0.3) is 0 Å². The summed E-state index contributed by atoms with van der Waals surface area (Å²) in [5.41, 5.74) is 1.25. The minimum absolute atomic E-state index is 0. The summed E-state index contributed by atoms with van der Waals surface area (Å²) < 4.78 is 5.76. The first-order chi connectivity index (χ1) is 10.7. The monoisotopic (exact) mass is 451 g/mol. The Morgan fingerprint density at radius 2 is 1.96 bits per heavy atom. The molecule has 0 aliphatic rings. The number of aryl methyl sites for hydroxylation is 1. The number of thioether (sulfide) groups is 1. The van der Waals surface area contributed by atoms with E-state index in [1.807, 2.05) is 38.0 Å². The van der Waals surface area contributed by atoms with Gasteiger partial charge in [-0.25, -0.2) is 0 Å². The smallest absolute Gasteiger partial charge is 0.193 e. The molecular weight excluding hydrogens is 421 g/mol. The highest BCUT2D eigenvalue weighted by Crippen LogP contribution is 2.11. The van der Waals surface area contributed by atoms with Gasteiger partial charge in [-0.3, -0.25) is 4.99 Å². The summed E-state index contributed by atoms with van der Waals surface area (Å²) in [6.07, 6.45) is 4.56. The van der Waals surface area contributed by atoms with E-state index in [0.717, 1.165) is 24.8 Å². The van der Waals surface area contributed by atoms with Crippen LogP contribution in [-0.4, -0.2) is 56.7 Å². The van der Waals surface area contributed by atoms with Gasteiger partial charge in [-0.1, -0.05) is 17.7 Å². The molecule has 4 nitrogen and oxygen atoms in total. The molecule has 0 amide bonds. The van der Waals surface area contributed by atoms with Crippen LogP contribution in [0.4, 0.5) is 0 Å². The van der Waals surface area contributed by atoms with E-state index >= 15 is 0 Å². The molecule has 0 aliphatic heterocycles. The first kappa shape index (κ1) is 22.4. The van der Waals surface area contributed by atoms with Crippen LogP contribution in [-0.2, 0) is 0 Å². The second-order valence-electron chi connectivity index (χ2n) is 5.26. The summed E-state index contributed by atoms with van der Waals surface area (Å²) >= 11 is 1.90. The van der Waals surface area contributed by atoms with Crippen molar-refractivity contribution in [1.82, 2.24) is 10.2 Å². The number of likely N-dealkylation sites (N-methyl/N-ethyl adjacent to an activating group) is 1. The summed E-state index contributed by atoms with van der Waals surface area (Å²) in [4.78, 5) is 6.41. The number of guanidine groups is 1. The van der Waals surface area contributed by atoms with Crippen molar-refractivity contribution in [1.29, 1.82) is 0 Å². The second kappa shape index (κ2) is 13.8. The fraction of sp³-hybridized carbons (Fsp3) is 0.588. The van der Waals surface area contributed by atoms with Crippen molar-refractivity contribution in [2.24, 2.45) is 4.99 Å². The second-order valence-corrected chi connectivity index (χ2v) is 6.24. The number of hydrogen-bond acceptors (Lipinski definition) is 3. The number of hydrogen-bond donors (Lipinski definition) is 1. The lowest BCUT2D eigenvalue weighted by Crippen LogP contribution is -2.41. The highest BCUT2D eigenvalue weighted by atomic mass is 127. The van der Waals surface area contributed by atoms with Crippen LogP contribution < -0.4 is 10.1 Å². The number of ether oxygens (including phenoxy) is 1. The predicted molar refractivity (Wildman–Crippen MR) is 114 cm³/mol. The lowest BCUT2D eigenvalue weighted by atomic mass is 10.2. The highest BCUT2D eigenvalue weighted by Gasteiger charge is 2.05. The molecule has 0 atom stereocenters. The molecule has 0 saturated carbocycles. The molecule has 23 heavy (non-hydrogen) atoms. The van der Waals surface area contributed by atoms with Crippen molar-refractivity contribution in [2.45, 2.75) is 19.8 Å². The van der Waals surface area contributed by atoms with E-state index in [2.05, 4.69) is 40.5 Å². The first-order valence-electron chi connectivity index (χ1n) is 7.77. The van der Waals surface area contributed by atoms with Crippen LogP contribution in [0.5, 0.6) is 5.75 Å². The van der Waals surface area contributed by atoms with Crippen LogP contribution in [0.1, 0.15) is 18.4 Å². The number of halogens is 1. The van der Waals surface area contributed by atoms with Crippen molar-refractivity contribution < 1.29 is 4.74 Å². The number of unbranched alkanes of at least 4 members (excludes halogenated alkanes) is 1. The summed E-state index contributed by atoms with van der Waals surface area (Å²) in [5.74, 6) is 3.07.